The van der Waals surface area contributed by atoms with Crippen molar-refractivity contribution in [3.63, 3.8) is 0 Å². The van der Waals surface area contributed by atoms with E-state index in [2.05, 4.69) is 31.2 Å². The molecule has 0 radical (unpaired) electrons. The van der Waals surface area contributed by atoms with E-state index in [-0.39, 0.29) is 0 Å². The van der Waals surface area contributed by atoms with E-state index in [1.165, 1.54) is 0 Å². The lowest BCUT2D eigenvalue weighted by Crippen LogP contribution is -2.25. The van der Waals surface area contributed by atoms with E-state index in [0.29, 0.717) is 6.04 Å². The molecule has 0 saturated heterocycles. The molecule has 0 bridgehead atoms. The summed E-state index contributed by atoms with van der Waals surface area (Å²) in [4.78, 5) is 0. The zero-order valence-electron chi connectivity index (χ0n) is 9.97. The van der Waals surface area contributed by atoms with E-state index in [0.717, 1.165) is 35.8 Å². The van der Waals surface area contributed by atoms with Crippen LogP contribution in [0.1, 0.15) is 32.2 Å². The minimum atomic E-state index is 0.516. The largest absolute Gasteiger partial charge is 0.314 e. The number of aromatic nitrogens is 2. The molecule has 0 spiro atoms. The van der Waals surface area contributed by atoms with Gasteiger partial charge in [-0.1, -0.05) is 32.4 Å². The molecule has 86 valence electrons. The normalized spacial score (nSPS) is 11.3. The van der Waals surface area contributed by atoms with Crippen LogP contribution in [0.4, 0.5) is 0 Å². The van der Waals surface area contributed by atoms with Gasteiger partial charge in [0.15, 0.2) is 0 Å². The third-order valence-corrected chi connectivity index (χ3v) is 2.85. The van der Waals surface area contributed by atoms with Crippen molar-refractivity contribution in [1.82, 2.24) is 15.1 Å². The highest BCUT2D eigenvalue weighted by Crippen LogP contribution is 2.20. The molecule has 0 aromatic carbocycles. The molecule has 0 amide bonds. The summed E-state index contributed by atoms with van der Waals surface area (Å²) in [5.74, 6) is 0. The zero-order valence-corrected chi connectivity index (χ0v) is 10.7. The summed E-state index contributed by atoms with van der Waals surface area (Å²) >= 11 is 6.23. The number of nitrogens with zero attached hydrogens (tertiary/aromatic N) is 2. The van der Waals surface area contributed by atoms with Crippen LogP contribution in [-0.4, -0.2) is 22.4 Å². The molecule has 4 heteroatoms. The van der Waals surface area contributed by atoms with E-state index in [1.807, 2.05) is 11.7 Å². The van der Waals surface area contributed by atoms with Gasteiger partial charge in [-0.3, -0.25) is 4.68 Å². The maximum absolute atomic E-state index is 6.23. The maximum Gasteiger partial charge on any atom is 0.0850 e. The summed E-state index contributed by atoms with van der Waals surface area (Å²) in [6.45, 7) is 7.30. The van der Waals surface area contributed by atoms with Crippen molar-refractivity contribution in [1.29, 1.82) is 0 Å². The highest BCUT2D eigenvalue weighted by Gasteiger charge is 2.12. The first-order valence-electron chi connectivity index (χ1n) is 5.49. The zero-order chi connectivity index (χ0) is 11.4. The predicted octanol–water partition coefficient (Wildman–Crippen LogP) is 2.18. The Bertz CT molecular complexity index is 318. The third kappa shape index (κ3) is 3.21. The topological polar surface area (TPSA) is 29.9 Å². The average Bonchev–Trinajstić information content (AvgIpc) is 2.44. The van der Waals surface area contributed by atoms with Gasteiger partial charge in [-0.15, -0.1) is 0 Å². The molecule has 0 unspecified atom stereocenters. The standard InChI is InChI=1S/C11H20ClN3/c1-5-9-11(12)10(15(4)14-9)6-7-13-8(2)3/h8,13H,5-7H2,1-4H3. The Kier molecular flexibility index (Phi) is 4.61. The van der Waals surface area contributed by atoms with E-state index in [1.54, 1.807) is 0 Å². The number of nitrogens with one attached hydrogen (secondary N) is 1. The molecule has 0 aliphatic carbocycles. The SMILES string of the molecule is CCc1nn(C)c(CCNC(C)C)c1Cl. The first-order chi connectivity index (χ1) is 7.06. The summed E-state index contributed by atoms with van der Waals surface area (Å²) in [5, 5.41) is 8.60. The first kappa shape index (κ1) is 12.5. The minimum Gasteiger partial charge on any atom is -0.314 e. The van der Waals surface area contributed by atoms with Crippen molar-refractivity contribution in [3.8, 4) is 0 Å². The Balaban J connectivity index is 2.64. The second-order valence-corrected chi connectivity index (χ2v) is 4.42. The highest BCUT2D eigenvalue weighted by molar-refractivity contribution is 6.31. The number of hydrogen-bond acceptors (Lipinski definition) is 2. The first-order valence-corrected chi connectivity index (χ1v) is 5.87. The second kappa shape index (κ2) is 5.52. The van der Waals surface area contributed by atoms with Gasteiger partial charge in [0.25, 0.3) is 0 Å². The van der Waals surface area contributed by atoms with Crippen molar-refractivity contribution in [2.45, 2.75) is 39.7 Å². The van der Waals surface area contributed by atoms with Crippen LogP contribution in [-0.2, 0) is 19.9 Å². The van der Waals surface area contributed by atoms with Crippen LogP contribution in [0.2, 0.25) is 5.02 Å². The van der Waals surface area contributed by atoms with Crippen LogP contribution in [0.15, 0.2) is 0 Å². The Morgan fingerprint density at radius 3 is 2.60 bits per heavy atom. The smallest absolute Gasteiger partial charge is 0.0850 e. The highest BCUT2D eigenvalue weighted by atomic mass is 35.5. The van der Waals surface area contributed by atoms with Crippen LogP contribution < -0.4 is 5.32 Å². The predicted molar refractivity (Wildman–Crippen MR) is 64.4 cm³/mol. The molecule has 0 fully saturated rings. The number of halogens is 1. The van der Waals surface area contributed by atoms with Gasteiger partial charge in [0.2, 0.25) is 0 Å². The number of aryl methyl sites for hydroxylation is 2. The van der Waals surface area contributed by atoms with Gasteiger partial charge < -0.3 is 5.32 Å². The molecule has 1 rings (SSSR count). The van der Waals surface area contributed by atoms with E-state index < -0.39 is 0 Å². The fraction of sp³-hybridized carbons (Fsp3) is 0.727. The Morgan fingerprint density at radius 2 is 2.13 bits per heavy atom. The molecule has 0 aliphatic rings. The molecule has 0 saturated carbocycles. The van der Waals surface area contributed by atoms with Crippen molar-refractivity contribution in [2.75, 3.05) is 6.54 Å². The molecular weight excluding hydrogens is 210 g/mol. The van der Waals surface area contributed by atoms with Gasteiger partial charge in [-0.2, -0.15) is 5.10 Å². The summed E-state index contributed by atoms with van der Waals surface area (Å²) in [7, 11) is 1.95. The van der Waals surface area contributed by atoms with Crippen molar-refractivity contribution in [3.05, 3.63) is 16.4 Å². The van der Waals surface area contributed by atoms with E-state index >= 15 is 0 Å². The van der Waals surface area contributed by atoms with Crippen LogP contribution in [0.5, 0.6) is 0 Å². The molecule has 0 aliphatic heterocycles. The van der Waals surface area contributed by atoms with Gasteiger partial charge in [0.05, 0.1) is 16.4 Å². The Hall–Kier alpha value is -0.540. The van der Waals surface area contributed by atoms with Gasteiger partial charge in [-0.25, -0.2) is 0 Å². The van der Waals surface area contributed by atoms with Crippen LogP contribution in [0.25, 0.3) is 0 Å². The summed E-state index contributed by atoms with van der Waals surface area (Å²) in [5.41, 5.74) is 2.13. The lowest BCUT2D eigenvalue weighted by molar-refractivity contribution is 0.575. The van der Waals surface area contributed by atoms with Gasteiger partial charge in [0.1, 0.15) is 0 Å². The molecule has 1 aromatic heterocycles. The monoisotopic (exact) mass is 229 g/mol. The third-order valence-electron chi connectivity index (χ3n) is 2.42. The fourth-order valence-electron chi connectivity index (χ4n) is 1.57. The van der Waals surface area contributed by atoms with E-state index in [4.69, 9.17) is 11.6 Å². The molecular formula is C11H20ClN3. The summed E-state index contributed by atoms with van der Waals surface area (Å²) in [6, 6.07) is 0.516. The lowest BCUT2D eigenvalue weighted by Gasteiger charge is -2.08. The average molecular weight is 230 g/mol. The maximum atomic E-state index is 6.23. The number of hydrogen-bond donors (Lipinski definition) is 1. The van der Waals surface area contributed by atoms with Gasteiger partial charge in [-0.05, 0) is 6.42 Å². The number of rotatable bonds is 5. The lowest BCUT2D eigenvalue weighted by atomic mass is 10.2. The quantitative estimate of drug-likeness (QED) is 0.839. The van der Waals surface area contributed by atoms with Gasteiger partial charge in [0, 0.05) is 26.1 Å². The van der Waals surface area contributed by atoms with Crippen molar-refractivity contribution in [2.24, 2.45) is 7.05 Å². The van der Waals surface area contributed by atoms with Crippen LogP contribution in [0, 0.1) is 0 Å². The summed E-state index contributed by atoms with van der Waals surface area (Å²) in [6.07, 6.45) is 1.82. The minimum absolute atomic E-state index is 0.516. The Labute approximate surface area is 96.8 Å². The van der Waals surface area contributed by atoms with Crippen molar-refractivity contribution >= 4 is 11.6 Å². The molecule has 3 nitrogen and oxygen atoms in total. The van der Waals surface area contributed by atoms with E-state index in [9.17, 15) is 0 Å². The molecule has 1 aromatic rings. The molecule has 1 N–H and O–H groups in total. The molecule has 0 atom stereocenters. The van der Waals surface area contributed by atoms with Crippen LogP contribution in [0.3, 0.4) is 0 Å². The molecule has 1 heterocycles. The Morgan fingerprint density at radius 1 is 1.47 bits per heavy atom. The fourth-order valence-corrected chi connectivity index (χ4v) is 1.96. The molecule has 15 heavy (non-hydrogen) atoms. The van der Waals surface area contributed by atoms with Gasteiger partial charge >= 0.3 is 0 Å². The van der Waals surface area contributed by atoms with Crippen LogP contribution >= 0.6 is 11.6 Å². The summed E-state index contributed by atoms with van der Waals surface area (Å²) < 4.78 is 1.89. The second-order valence-electron chi connectivity index (χ2n) is 4.04. The van der Waals surface area contributed by atoms with Crippen molar-refractivity contribution < 1.29 is 0 Å².